The number of aromatic nitrogens is 2. The fourth-order valence-corrected chi connectivity index (χ4v) is 4.62. The molecule has 0 aliphatic carbocycles. The lowest BCUT2D eigenvalue weighted by atomic mass is 10.0. The first kappa shape index (κ1) is 31.7. The molecule has 2 aliphatic rings. The Morgan fingerprint density at radius 3 is 2.33 bits per heavy atom. The van der Waals surface area contributed by atoms with Crippen LogP contribution in [0.3, 0.4) is 0 Å². The van der Waals surface area contributed by atoms with Crippen LogP contribution in [0.2, 0.25) is 0 Å². The molecular weight excluding hydrogens is 597 g/mol. The molecule has 6 N–H and O–H groups in total. The number of carboxylic acid groups (broad SMARTS) is 3. The number of β-lactam (4-membered cyclic amide) rings is 1. The molecule has 40 heavy (non-hydrogen) atoms. The minimum atomic E-state index is -5.08. The van der Waals surface area contributed by atoms with E-state index >= 15 is 0 Å². The van der Waals surface area contributed by atoms with E-state index in [1.54, 1.807) is 0 Å². The minimum absolute atomic E-state index is 0.00835. The molecular formula is C18H17F3N6O11S2. The Morgan fingerprint density at radius 2 is 1.85 bits per heavy atom. The number of carbonyl (C=O) groups is 6. The van der Waals surface area contributed by atoms with Crippen molar-refractivity contribution < 1.29 is 66.8 Å². The average molecular weight is 614 g/mol. The number of thioether (sulfide) groups is 1. The fraction of sp³-hybridized carbons (Fsp3) is 0.389. The van der Waals surface area contributed by atoms with Gasteiger partial charge in [0, 0.05) is 29.8 Å². The third-order valence-electron chi connectivity index (χ3n) is 4.44. The Balaban J connectivity index is 0.000000708. The molecule has 1 aromatic heterocycles. The molecule has 2 amide bonds. The summed E-state index contributed by atoms with van der Waals surface area (Å²) >= 11 is 1.92. The molecule has 1 aromatic rings. The van der Waals surface area contributed by atoms with E-state index < -0.39 is 65.6 Å². The predicted molar refractivity (Wildman–Crippen MR) is 124 cm³/mol. The summed E-state index contributed by atoms with van der Waals surface area (Å²) in [4.78, 5) is 77.2. The van der Waals surface area contributed by atoms with Crippen molar-refractivity contribution in [2.75, 3.05) is 24.7 Å². The van der Waals surface area contributed by atoms with Gasteiger partial charge < -0.3 is 35.9 Å². The molecule has 3 heterocycles. The average Bonchev–Trinajstić information content (AvgIpc) is 3.28. The van der Waals surface area contributed by atoms with Gasteiger partial charge in [0.05, 0.1) is 0 Å². The van der Waals surface area contributed by atoms with E-state index in [4.69, 9.17) is 25.5 Å². The number of halogens is 3. The van der Waals surface area contributed by atoms with Crippen LogP contribution in [0.1, 0.15) is 12.7 Å². The fourth-order valence-electron chi connectivity index (χ4n) is 2.86. The van der Waals surface area contributed by atoms with Gasteiger partial charge in [-0.3, -0.25) is 19.3 Å². The Hall–Kier alpha value is -4.47. The summed E-state index contributed by atoms with van der Waals surface area (Å²) in [7, 11) is 0. The zero-order valence-corrected chi connectivity index (χ0v) is 21.3. The molecule has 0 aromatic carbocycles. The highest BCUT2D eigenvalue weighted by atomic mass is 32.2. The third kappa shape index (κ3) is 8.02. The van der Waals surface area contributed by atoms with Crippen molar-refractivity contribution in [3.63, 3.8) is 0 Å². The van der Waals surface area contributed by atoms with Crippen molar-refractivity contribution in [1.29, 1.82) is 0 Å². The molecule has 17 nitrogen and oxygen atoms in total. The van der Waals surface area contributed by atoms with Crippen LogP contribution in [-0.2, 0) is 38.3 Å². The second kappa shape index (κ2) is 13.1. The summed E-state index contributed by atoms with van der Waals surface area (Å²) in [6.45, 7) is 0.0409. The zero-order chi connectivity index (χ0) is 30.4. The molecule has 1 saturated heterocycles. The first-order valence-electron chi connectivity index (χ1n) is 10.2. The Morgan fingerprint density at radius 1 is 1.23 bits per heavy atom. The summed E-state index contributed by atoms with van der Waals surface area (Å²) in [5.41, 5.74) is 4.92. The monoisotopic (exact) mass is 614 g/mol. The van der Waals surface area contributed by atoms with E-state index in [1.807, 2.05) is 0 Å². The van der Waals surface area contributed by atoms with E-state index in [2.05, 4.69) is 24.7 Å². The topological polar surface area (TPSA) is 261 Å². The quantitative estimate of drug-likeness (QED) is 0.0953. The van der Waals surface area contributed by atoms with Crippen LogP contribution < -0.4 is 11.1 Å². The van der Waals surface area contributed by atoms with Crippen molar-refractivity contribution in [1.82, 2.24) is 19.6 Å². The first-order chi connectivity index (χ1) is 18.5. The summed E-state index contributed by atoms with van der Waals surface area (Å²) in [6.07, 6.45) is -5.08. The number of rotatable bonds is 9. The molecule has 3 rings (SSSR count). The molecule has 0 spiro atoms. The van der Waals surface area contributed by atoms with Gasteiger partial charge in [-0.1, -0.05) is 5.16 Å². The van der Waals surface area contributed by atoms with Crippen molar-refractivity contribution in [2.45, 2.75) is 24.5 Å². The number of amides is 2. The molecule has 22 heteroatoms. The molecule has 0 saturated carbocycles. The Bertz CT molecular complexity index is 1280. The number of nitrogens with one attached hydrogen (secondary N) is 1. The maximum Gasteiger partial charge on any atom is 0.490 e. The number of nitrogen functional groups attached to an aromatic ring is 1. The van der Waals surface area contributed by atoms with Gasteiger partial charge >= 0.3 is 30.1 Å². The number of hydrogen-bond donors (Lipinski definition) is 5. The van der Waals surface area contributed by atoms with Gasteiger partial charge in [-0.05, 0) is 0 Å². The lowest BCUT2D eigenvalue weighted by molar-refractivity contribution is -0.192. The molecule has 1 fully saturated rings. The number of nitrogens with two attached hydrogens (primary N) is 1. The van der Waals surface area contributed by atoms with Crippen molar-refractivity contribution in [3.05, 3.63) is 17.1 Å². The highest BCUT2D eigenvalue weighted by molar-refractivity contribution is 8.00. The van der Waals surface area contributed by atoms with E-state index in [1.165, 1.54) is 6.92 Å². The lowest BCUT2D eigenvalue weighted by Gasteiger charge is -2.49. The largest absolute Gasteiger partial charge is 0.490 e. The molecule has 0 radical (unpaired) electrons. The summed E-state index contributed by atoms with van der Waals surface area (Å²) < 4.78 is 40.4. The summed E-state index contributed by atoms with van der Waals surface area (Å²) in [5.74, 6) is -7.85. The van der Waals surface area contributed by atoms with E-state index in [-0.39, 0.29) is 34.6 Å². The zero-order valence-electron chi connectivity index (χ0n) is 19.7. The van der Waals surface area contributed by atoms with Gasteiger partial charge in [-0.15, -0.1) is 11.8 Å². The minimum Gasteiger partial charge on any atom is -0.479 e. The number of nitrogens with zero attached hydrogens (tertiary/aromatic N) is 4. The number of carboxylic acids is 3. The van der Waals surface area contributed by atoms with Gasteiger partial charge in [0.25, 0.3) is 11.8 Å². The number of anilines is 1. The van der Waals surface area contributed by atoms with Crippen LogP contribution in [0.25, 0.3) is 0 Å². The summed E-state index contributed by atoms with van der Waals surface area (Å²) in [6, 6.07) is -1.12. The second-order valence-electron chi connectivity index (χ2n) is 7.26. The van der Waals surface area contributed by atoms with Crippen molar-refractivity contribution in [2.24, 2.45) is 5.16 Å². The number of fused-ring (bicyclic) bond motifs is 1. The maximum absolute atomic E-state index is 12.8. The van der Waals surface area contributed by atoms with Crippen molar-refractivity contribution in [3.8, 4) is 0 Å². The molecule has 2 aliphatic heterocycles. The van der Waals surface area contributed by atoms with Crippen LogP contribution >= 0.6 is 23.3 Å². The van der Waals surface area contributed by atoms with Gasteiger partial charge in [0.1, 0.15) is 23.7 Å². The lowest BCUT2D eigenvalue weighted by Crippen LogP contribution is -2.71. The van der Waals surface area contributed by atoms with Gasteiger partial charge in [-0.2, -0.15) is 22.5 Å². The van der Waals surface area contributed by atoms with Crippen LogP contribution in [-0.4, -0.2) is 108 Å². The Labute approximate surface area is 227 Å². The number of hydrogen-bond acceptors (Lipinski definition) is 14. The highest BCUT2D eigenvalue weighted by Gasteiger charge is 2.54. The highest BCUT2D eigenvalue weighted by Crippen LogP contribution is 2.40. The van der Waals surface area contributed by atoms with E-state index in [0.29, 0.717) is 0 Å². The number of aliphatic carboxylic acids is 3. The van der Waals surface area contributed by atoms with Crippen LogP contribution in [0.15, 0.2) is 16.4 Å². The van der Waals surface area contributed by atoms with E-state index in [0.717, 1.165) is 28.2 Å². The number of oxime groups is 1. The van der Waals surface area contributed by atoms with Crippen molar-refractivity contribution >= 4 is 69.8 Å². The predicted octanol–water partition coefficient (Wildman–Crippen LogP) is -1.14. The maximum atomic E-state index is 12.8. The van der Waals surface area contributed by atoms with Crippen LogP contribution in [0, 0.1) is 0 Å². The molecule has 2 atom stereocenters. The SMILES string of the molecule is CC(=O)OCC1=C(C(=O)O)N2C(=O)[C@@H](NC(=O)C(=NOCC(=O)O)c3nsc(N)n3)[C@H]2SC1.O=C(O)C(F)(F)F. The number of carbonyl (C=O) groups excluding carboxylic acids is 3. The number of esters is 1. The number of ether oxygens (including phenoxy) is 1. The Kier molecular flexibility index (Phi) is 10.4. The molecule has 0 unspecified atom stereocenters. The second-order valence-corrected chi connectivity index (χ2v) is 9.15. The van der Waals surface area contributed by atoms with E-state index in [9.17, 15) is 42.3 Å². The van der Waals surface area contributed by atoms with Gasteiger partial charge in [0.15, 0.2) is 5.13 Å². The molecule has 218 valence electrons. The van der Waals surface area contributed by atoms with Gasteiger partial charge in [-0.25, -0.2) is 14.4 Å². The molecule has 0 bridgehead atoms. The first-order valence-corrected chi connectivity index (χ1v) is 12.0. The van der Waals surface area contributed by atoms with Crippen LogP contribution in [0.4, 0.5) is 18.3 Å². The number of alkyl halides is 3. The third-order valence-corrected chi connectivity index (χ3v) is 6.32. The van der Waals surface area contributed by atoms with Gasteiger partial charge in [0.2, 0.25) is 18.1 Å². The van der Waals surface area contributed by atoms with Crippen LogP contribution in [0.5, 0.6) is 0 Å². The standard InChI is InChI=1S/C16H16N6O9S2.C2HF3O2/c1-5(23)30-2-6-4-32-14-9(13(27)22(14)10(6)15(28)29)18-12(26)8(20-31-3-7(24)25)11-19-16(17)33-21-11;3-2(4,5)1(6)7/h9,14H,2-4H2,1H3,(H,18,26)(H,24,25)(H,28,29)(H2,17,19,21);(H,6,7)/t9-,14-;/m1./s1. The smallest absolute Gasteiger partial charge is 0.479 e. The normalized spacial score (nSPS) is 18.4. The summed E-state index contributed by atoms with van der Waals surface area (Å²) in [5, 5.41) is 30.5.